The molecule has 0 saturated heterocycles. The zero-order chi connectivity index (χ0) is 25.3. The summed E-state index contributed by atoms with van der Waals surface area (Å²) >= 11 is 0. The molecule has 0 amide bonds. The minimum absolute atomic E-state index is 0.168. The maximum atomic E-state index is 10.3. The van der Waals surface area contributed by atoms with Gasteiger partial charge in [0.1, 0.15) is 23.0 Å². The number of phenolic OH excluding ortho intramolecular Hbond substituents is 1. The quantitative estimate of drug-likeness (QED) is 0.254. The average Bonchev–Trinajstić information content (AvgIpc) is 2.91. The summed E-state index contributed by atoms with van der Waals surface area (Å²) in [5.74, 6) is 3.69. The predicted octanol–water partition coefficient (Wildman–Crippen LogP) is 6.78. The maximum Gasteiger partial charge on any atom is 0.169 e. The maximum absolute atomic E-state index is 10.3. The molecule has 0 aromatic heterocycles. The first kappa shape index (κ1) is 25.0. The Morgan fingerprint density at radius 2 is 1.06 bits per heavy atom. The molecule has 36 heavy (non-hydrogen) atoms. The molecule has 0 heterocycles. The predicted molar refractivity (Wildman–Crippen MR) is 142 cm³/mol. The Morgan fingerprint density at radius 1 is 0.500 bits per heavy atom. The molecule has 0 atom stereocenters. The SMILES string of the molecule is COc1cccc(CCc2cc(O)cc(Oc3cc(CCc4cccc(OC)c4)ccc3OC)c2)c1. The zero-order valence-electron chi connectivity index (χ0n) is 21.0. The molecule has 0 aliphatic rings. The number of rotatable bonds is 11. The average molecular weight is 485 g/mol. The number of ether oxygens (including phenoxy) is 4. The first-order valence-corrected chi connectivity index (χ1v) is 12.0. The van der Waals surface area contributed by atoms with E-state index < -0.39 is 0 Å². The van der Waals surface area contributed by atoms with E-state index in [0.29, 0.717) is 17.2 Å². The van der Waals surface area contributed by atoms with Gasteiger partial charge < -0.3 is 24.1 Å². The van der Waals surface area contributed by atoms with E-state index >= 15 is 0 Å². The van der Waals surface area contributed by atoms with Crippen molar-refractivity contribution in [1.82, 2.24) is 0 Å². The van der Waals surface area contributed by atoms with Gasteiger partial charge in [-0.25, -0.2) is 0 Å². The summed E-state index contributed by atoms with van der Waals surface area (Å²) < 4.78 is 22.4. The molecular weight excluding hydrogens is 452 g/mol. The smallest absolute Gasteiger partial charge is 0.169 e. The molecule has 4 aromatic rings. The fourth-order valence-corrected chi connectivity index (χ4v) is 4.16. The summed E-state index contributed by atoms with van der Waals surface area (Å²) in [5, 5.41) is 10.3. The molecule has 0 unspecified atom stereocenters. The minimum atomic E-state index is 0.168. The summed E-state index contributed by atoms with van der Waals surface area (Å²) in [5.41, 5.74) is 4.50. The van der Waals surface area contributed by atoms with Crippen LogP contribution in [0.5, 0.6) is 34.5 Å². The zero-order valence-corrected chi connectivity index (χ0v) is 21.0. The highest BCUT2D eigenvalue weighted by atomic mass is 16.5. The molecule has 0 fully saturated rings. The van der Waals surface area contributed by atoms with Crippen LogP contribution in [0.25, 0.3) is 0 Å². The lowest BCUT2D eigenvalue weighted by atomic mass is 10.0. The standard InChI is InChI=1S/C31H32O5/c1-33-27-8-4-6-22(17-27)10-11-24-14-15-30(35-3)31(20-24)36-29-19-25(16-26(32)21-29)13-12-23-7-5-9-28(18-23)34-2/h4-9,14-21,32H,10-13H2,1-3H3. The second-order valence-corrected chi connectivity index (χ2v) is 8.63. The monoisotopic (exact) mass is 484 g/mol. The molecule has 4 rings (SSSR count). The summed E-state index contributed by atoms with van der Waals surface area (Å²) in [6.07, 6.45) is 3.31. The van der Waals surface area contributed by atoms with E-state index in [1.54, 1.807) is 33.5 Å². The first-order valence-electron chi connectivity index (χ1n) is 12.0. The van der Waals surface area contributed by atoms with Crippen molar-refractivity contribution in [1.29, 1.82) is 0 Å². The van der Waals surface area contributed by atoms with Crippen molar-refractivity contribution in [2.75, 3.05) is 21.3 Å². The van der Waals surface area contributed by atoms with E-state index in [4.69, 9.17) is 18.9 Å². The number of hydrogen-bond donors (Lipinski definition) is 1. The van der Waals surface area contributed by atoms with Crippen LogP contribution < -0.4 is 18.9 Å². The van der Waals surface area contributed by atoms with Crippen LogP contribution in [0, 0.1) is 0 Å². The van der Waals surface area contributed by atoms with Crippen LogP contribution in [-0.2, 0) is 25.7 Å². The number of phenols is 1. The van der Waals surface area contributed by atoms with Gasteiger partial charge in [-0.1, -0.05) is 30.3 Å². The molecule has 1 N–H and O–H groups in total. The fraction of sp³-hybridized carbons (Fsp3) is 0.226. The third-order valence-corrected chi connectivity index (χ3v) is 6.08. The van der Waals surface area contributed by atoms with Gasteiger partial charge in [0.25, 0.3) is 0 Å². The van der Waals surface area contributed by atoms with Crippen molar-refractivity contribution >= 4 is 0 Å². The van der Waals surface area contributed by atoms with Gasteiger partial charge in [-0.15, -0.1) is 0 Å². The van der Waals surface area contributed by atoms with Gasteiger partial charge in [-0.3, -0.25) is 0 Å². The molecule has 0 bridgehead atoms. The molecule has 186 valence electrons. The first-order chi connectivity index (χ1) is 17.6. The lowest BCUT2D eigenvalue weighted by Crippen LogP contribution is -1.97. The van der Waals surface area contributed by atoms with Crippen molar-refractivity contribution in [3.63, 3.8) is 0 Å². The van der Waals surface area contributed by atoms with Crippen LogP contribution >= 0.6 is 0 Å². The Morgan fingerprint density at radius 3 is 1.64 bits per heavy atom. The van der Waals surface area contributed by atoms with Crippen LogP contribution in [0.4, 0.5) is 0 Å². The third-order valence-electron chi connectivity index (χ3n) is 6.08. The van der Waals surface area contributed by atoms with Crippen molar-refractivity contribution in [2.45, 2.75) is 25.7 Å². The lowest BCUT2D eigenvalue weighted by molar-refractivity contribution is 0.377. The van der Waals surface area contributed by atoms with Gasteiger partial charge in [-0.2, -0.15) is 0 Å². The molecule has 0 spiro atoms. The van der Waals surface area contributed by atoms with Crippen LogP contribution in [0.15, 0.2) is 84.9 Å². The minimum Gasteiger partial charge on any atom is -0.508 e. The van der Waals surface area contributed by atoms with Crippen molar-refractivity contribution < 1.29 is 24.1 Å². The number of benzene rings is 4. The molecule has 5 heteroatoms. The van der Waals surface area contributed by atoms with Gasteiger partial charge >= 0.3 is 0 Å². The Bertz CT molecular complexity index is 1300. The largest absolute Gasteiger partial charge is 0.508 e. The summed E-state index contributed by atoms with van der Waals surface area (Å²) in [6.45, 7) is 0. The molecular formula is C31H32O5. The van der Waals surface area contributed by atoms with E-state index in [1.807, 2.05) is 54.6 Å². The summed E-state index contributed by atoms with van der Waals surface area (Å²) in [7, 11) is 4.97. The number of hydrogen-bond acceptors (Lipinski definition) is 5. The fourth-order valence-electron chi connectivity index (χ4n) is 4.16. The molecule has 0 radical (unpaired) electrons. The Labute approximate surface area is 212 Å². The van der Waals surface area contributed by atoms with Gasteiger partial charge in [0.05, 0.1) is 21.3 Å². The van der Waals surface area contributed by atoms with Gasteiger partial charge in [0.2, 0.25) is 0 Å². The summed E-state index contributed by atoms with van der Waals surface area (Å²) in [6, 6.07) is 27.5. The number of aryl methyl sites for hydroxylation is 4. The highest BCUT2D eigenvalue weighted by Crippen LogP contribution is 2.35. The lowest BCUT2D eigenvalue weighted by Gasteiger charge is -2.14. The van der Waals surface area contributed by atoms with E-state index in [9.17, 15) is 5.11 Å². The third kappa shape index (κ3) is 6.72. The topological polar surface area (TPSA) is 57.2 Å². The van der Waals surface area contributed by atoms with E-state index in [0.717, 1.165) is 48.3 Å². The van der Waals surface area contributed by atoms with Gasteiger partial charge in [0, 0.05) is 6.07 Å². The van der Waals surface area contributed by atoms with E-state index in [1.165, 1.54) is 11.1 Å². The normalized spacial score (nSPS) is 10.6. The van der Waals surface area contributed by atoms with Crippen LogP contribution in [0.2, 0.25) is 0 Å². The Kier molecular flexibility index (Phi) is 8.35. The van der Waals surface area contributed by atoms with Gasteiger partial charge in [-0.05, 0) is 96.5 Å². The van der Waals surface area contributed by atoms with Crippen molar-refractivity contribution in [3.05, 3.63) is 107 Å². The van der Waals surface area contributed by atoms with Gasteiger partial charge in [0.15, 0.2) is 11.5 Å². The molecule has 5 nitrogen and oxygen atoms in total. The Hall–Kier alpha value is -4.12. The second-order valence-electron chi connectivity index (χ2n) is 8.63. The van der Waals surface area contributed by atoms with E-state index in [-0.39, 0.29) is 5.75 Å². The molecule has 0 saturated carbocycles. The van der Waals surface area contributed by atoms with Crippen molar-refractivity contribution in [2.24, 2.45) is 0 Å². The highest BCUT2D eigenvalue weighted by molar-refractivity contribution is 5.48. The molecule has 0 aliphatic heterocycles. The summed E-state index contributed by atoms with van der Waals surface area (Å²) in [4.78, 5) is 0. The molecule has 0 aliphatic carbocycles. The molecule has 4 aromatic carbocycles. The highest BCUT2D eigenvalue weighted by Gasteiger charge is 2.10. The van der Waals surface area contributed by atoms with Crippen molar-refractivity contribution in [3.8, 4) is 34.5 Å². The Balaban J connectivity index is 1.47. The number of methoxy groups -OCH3 is 3. The second kappa shape index (κ2) is 12.0. The van der Waals surface area contributed by atoms with Crippen LogP contribution in [0.3, 0.4) is 0 Å². The van der Waals surface area contributed by atoms with Crippen LogP contribution in [-0.4, -0.2) is 26.4 Å². The van der Waals surface area contributed by atoms with E-state index in [2.05, 4.69) is 18.2 Å². The van der Waals surface area contributed by atoms with Crippen LogP contribution in [0.1, 0.15) is 22.3 Å². The number of aromatic hydroxyl groups is 1.